The summed E-state index contributed by atoms with van der Waals surface area (Å²) in [7, 11) is 1.48. The van der Waals surface area contributed by atoms with E-state index in [1.165, 1.54) is 18.5 Å². The van der Waals surface area contributed by atoms with Gasteiger partial charge in [0, 0.05) is 24.1 Å². The molecule has 0 atom stereocenters. The molecule has 0 saturated carbocycles. The number of halogens is 1. The summed E-state index contributed by atoms with van der Waals surface area (Å²) in [5.74, 6) is 0.0783. The van der Waals surface area contributed by atoms with Crippen LogP contribution in [0.4, 0.5) is 11.4 Å². The molecule has 1 aliphatic rings. The molecule has 4 aromatic carbocycles. The first-order valence-corrected chi connectivity index (χ1v) is 15.5. The first-order chi connectivity index (χ1) is 21.5. The Labute approximate surface area is 266 Å². The predicted molar refractivity (Wildman–Crippen MR) is 175 cm³/mol. The van der Waals surface area contributed by atoms with Gasteiger partial charge in [-0.05, 0) is 72.9 Å². The molecule has 5 rings (SSSR count). The van der Waals surface area contributed by atoms with E-state index in [1.54, 1.807) is 18.2 Å². The molecule has 8 nitrogen and oxygen atoms in total. The van der Waals surface area contributed by atoms with Gasteiger partial charge in [-0.1, -0.05) is 70.5 Å². The van der Waals surface area contributed by atoms with Crippen molar-refractivity contribution in [3.05, 3.63) is 118 Å². The first kappa shape index (κ1) is 31.1. The van der Waals surface area contributed by atoms with E-state index in [2.05, 4.69) is 26.3 Å². The minimum absolute atomic E-state index is 0.234. The van der Waals surface area contributed by atoms with E-state index in [0.717, 1.165) is 48.5 Å². The lowest BCUT2D eigenvalue weighted by atomic mass is 10.1. The fraction of sp³-hybridized carbons (Fsp3) is 0.257. The number of hydrogen-bond donors (Lipinski definition) is 1. The maximum absolute atomic E-state index is 13.7. The fourth-order valence-corrected chi connectivity index (χ4v) is 5.45. The number of carbonyl (C=O) groups excluding carboxylic acids is 2. The van der Waals surface area contributed by atoms with Gasteiger partial charge in [0.15, 0.2) is 6.61 Å². The topological polar surface area (TPSA) is 80.3 Å². The number of amides is 1. The number of esters is 1. The highest BCUT2D eigenvalue weighted by atomic mass is 79.9. The number of carbonyl (C=O) groups is 2. The molecule has 1 amide bonds. The van der Waals surface area contributed by atoms with Crippen LogP contribution in [0.25, 0.3) is 0 Å². The minimum atomic E-state index is -0.646. The third-order valence-electron chi connectivity index (χ3n) is 7.39. The number of benzene rings is 4. The normalized spacial score (nSPS) is 12.8. The van der Waals surface area contributed by atoms with Crippen molar-refractivity contribution in [3.8, 4) is 11.5 Å². The van der Waals surface area contributed by atoms with Crippen LogP contribution in [-0.2, 0) is 22.7 Å². The number of rotatable bonds is 12. The summed E-state index contributed by atoms with van der Waals surface area (Å²) < 4.78 is 17.5. The van der Waals surface area contributed by atoms with Crippen molar-refractivity contribution < 1.29 is 23.8 Å². The van der Waals surface area contributed by atoms with Gasteiger partial charge in [-0.2, -0.15) is 0 Å². The van der Waals surface area contributed by atoms with Crippen molar-refractivity contribution in [2.24, 2.45) is 0 Å². The Morgan fingerprint density at radius 1 is 0.864 bits per heavy atom. The van der Waals surface area contributed by atoms with Crippen LogP contribution in [-0.4, -0.2) is 38.7 Å². The number of anilines is 2. The van der Waals surface area contributed by atoms with Crippen molar-refractivity contribution in [3.63, 3.8) is 0 Å². The summed E-state index contributed by atoms with van der Waals surface area (Å²) in [6.07, 6.45) is 3.39. The number of piperidine rings is 1. The molecule has 44 heavy (non-hydrogen) atoms. The van der Waals surface area contributed by atoms with Crippen LogP contribution in [0.5, 0.6) is 11.5 Å². The van der Waals surface area contributed by atoms with E-state index >= 15 is 0 Å². The maximum Gasteiger partial charge on any atom is 0.342 e. The van der Waals surface area contributed by atoms with Crippen LogP contribution in [0.3, 0.4) is 0 Å². The van der Waals surface area contributed by atoms with Gasteiger partial charge in [0.05, 0.1) is 18.5 Å². The van der Waals surface area contributed by atoms with E-state index in [4.69, 9.17) is 14.2 Å². The van der Waals surface area contributed by atoms with Gasteiger partial charge in [-0.15, -0.1) is 0 Å². The van der Waals surface area contributed by atoms with Crippen molar-refractivity contribution in [1.82, 2.24) is 5.43 Å². The van der Waals surface area contributed by atoms with Crippen LogP contribution in [0.2, 0.25) is 0 Å². The van der Waals surface area contributed by atoms with Gasteiger partial charge in [-0.3, -0.25) is 4.79 Å². The van der Waals surface area contributed by atoms with Crippen molar-refractivity contribution >= 4 is 39.2 Å². The predicted octanol–water partition coefficient (Wildman–Crippen LogP) is 6.92. The lowest BCUT2D eigenvalue weighted by molar-refractivity contribution is -0.122. The van der Waals surface area contributed by atoms with E-state index in [1.807, 2.05) is 78.9 Å². The molecule has 0 aliphatic carbocycles. The SMILES string of the molecule is COc1ccc(Br)cc1C(=O)OCC(=O)N(NCc1ccc(OCc2ccccc2)cc1)c1ccccc1N1CCCCC1. The Kier molecular flexibility index (Phi) is 10.9. The van der Waals surface area contributed by atoms with Gasteiger partial charge >= 0.3 is 5.97 Å². The smallest absolute Gasteiger partial charge is 0.342 e. The van der Waals surface area contributed by atoms with E-state index in [0.29, 0.717) is 29.1 Å². The van der Waals surface area contributed by atoms with E-state index in [-0.39, 0.29) is 5.56 Å². The summed E-state index contributed by atoms with van der Waals surface area (Å²) in [6, 6.07) is 30.6. The summed E-state index contributed by atoms with van der Waals surface area (Å²) in [5, 5.41) is 1.50. The molecule has 1 saturated heterocycles. The zero-order valence-electron chi connectivity index (χ0n) is 24.7. The zero-order chi connectivity index (χ0) is 30.7. The fourth-order valence-electron chi connectivity index (χ4n) is 5.09. The highest BCUT2D eigenvalue weighted by Gasteiger charge is 2.24. The van der Waals surface area contributed by atoms with Crippen molar-refractivity contribution in [2.45, 2.75) is 32.4 Å². The number of ether oxygens (including phenoxy) is 3. The van der Waals surface area contributed by atoms with Gasteiger partial charge in [-0.25, -0.2) is 15.2 Å². The Morgan fingerprint density at radius 2 is 1.59 bits per heavy atom. The molecule has 0 aromatic heterocycles. The van der Waals surface area contributed by atoms with E-state index in [9.17, 15) is 9.59 Å². The number of hydrazine groups is 1. The molecule has 0 bridgehead atoms. The monoisotopic (exact) mass is 657 g/mol. The Bertz CT molecular complexity index is 1540. The van der Waals surface area contributed by atoms with Gasteiger partial charge in [0.1, 0.15) is 23.7 Å². The second kappa shape index (κ2) is 15.4. The second-order valence-electron chi connectivity index (χ2n) is 10.4. The number of nitrogens with zero attached hydrogens (tertiary/aromatic N) is 2. The minimum Gasteiger partial charge on any atom is -0.496 e. The summed E-state index contributed by atoms with van der Waals surface area (Å²) in [5.41, 5.74) is 7.25. The van der Waals surface area contributed by atoms with Crippen LogP contribution in [0.1, 0.15) is 40.7 Å². The average Bonchev–Trinajstić information content (AvgIpc) is 3.08. The zero-order valence-corrected chi connectivity index (χ0v) is 26.3. The lowest BCUT2D eigenvalue weighted by Crippen LogP contribution is -2.46. The molecule has 0 unspecified atom stereocenters. The number of nitrogens with one attached hydrogen (secondary N) is 1. The second-order valence-corrected chi connectivity index (χ2v) is 11.4. The number of hydrogen-bond acceptors (Lipinski definition) is 7. The molecule has 9 heteroatoms. The standard InChI is InChI=1S/C35H36BrN3O5/c1-42-33-19-16-28(36)22-30(33)35(41)44-25-34(40)39(32-13-7-6-12-31(32)38-20-8-3-9-21-38)37-23-26-14-17-29(18-15-26)43-24-27-10-4-2-5-11-27/h2,4-7,10-19,22,37H,3,8-9,20-21,23-25H2,1H3. The Morgan fingerprint density at radius 3 is 2.34 bits per heavy atom. The molecule has 228 valence electrons. The molecular formula is C35H36BrN3O5. The van der Waals surface area contributed by atoms with Crippen molar-refractivity contribution in [1.29, 1.82) is 0 Å². The van der Waals surface area contributed by atoms with Crippen LogP contribution in [0, 0.1) is 0 Å². The van der Waals surface area contributed by atoms with Gasteiger partial charge < -0.3 is 19.1 Å². The van der Waals surface area contributed by atoms with Crippen molar-refractivity contribution in [2.75, 3.05) is 36.7 Å². The number of para-hydroxylation sites is 2. The lowest BCUT2D eigenvalue weighted by Gasteiger charge is -2.33. The third kappa shape index (κ3) is 8.18. The third-order valence-corrected chi connectivity index (χ3v) is 7.88. The molecule has 0 radical (unpaired) electrons. The summed E-state index contributed by atoms with van der Waals surface area (Å²) in [4.78, 5) is 29.0. The number of methoxy groups -OCH3 is 1. The summed E-state index contributed by atoms with van der Waals surface area (Å²) >= 11 is 3.38. The van der Waals surface area contributed by atoms with Crippen LogP contribution < -0.4 is 24.8 Å². The van der Waals surface area contributed by atoms with Gasteiger partial charge in [0.2, 0.25) is 0 Å². The van der Waals surface area contributed by atoms with Gasteiger partial charge in [0.25, 0.3) is 5.91 Å². The Hall–Kier alpha value is -4.34. The largest absolute Gasteiger partial charge is 0.496 e. The molecule has 1 fully saturated rings. The molecular weight excluding hydrogens is 622 g/mol. The van der Waals surface area contributed by atoms with Crippen LogP contribution in [0.15, 0.2) is 102 Å². The maximum atomic E-state index is 13.7. The molecule has 1 heterocycles. The summed E-state index contributed by atoms with van der Waals surface area (Å²) in [6.45, 7) is 2.23. The molecule has 1 aliphatic heterocycles. The Balaban J connectivity index is 1.31. The highest BCUT2D eigenvalue weighted by molar-refractivity contribution is 9.10. The first-order valence-electron chi connectivity index (χ1n) is 14.7. The molecule has 0 spiro atoms. The molecule has 1 N–H and O–H groups in total. The van der Waals surface area contributed by atoms with E-state index < -0.39 is 18.5 Å². The molecule has 4 aromatic rings. The quantitative estimate of drug-likeness (QED) is 0.131. The average molecular weight is 659 g/mol. The van der Waals surface area contributed by atoms with Crippen LogP contribution >= 0.6 is 15.9 Å². The highest BCUT2D eigenvalue weighted by Crippen LogP contribution is 2.31.